The van der Waals surface area contributed by atoms with E-state index in [0.717, 1.165) is 99.1 Å². The van der Waals surface area contributed by atoms with E-state index < -0.39 is 6.17 Å². The van der Waals surface area contributed by atoms with Crippen molar-refractivity contribution in [3.05, 3.63) is 230 Å². The normalized spacial score (nSPS) is 13.9. The summed E-state index contributed by atoms with van der Waals surface area (Å²) in [4.78, 5) is 25.7. The van der Waals surface area contributed by atoms with E-state index in [1.165, 1.54) is 0 Å². The standard InChI is InChI=1S/C60H38N8O/c1-4-16-37(17-5-1)55-61-56(38-18-6-2-7-19-38)63-57(62-55)40-28-31-42(32-29-40)67-49-25-13-10-22-43(49)47-34-35-48-44-23-11-14-26-50(44)68(54(48)53(47)67)60-65-58(39-20-8-3-9-21-39)64-59(66-60)41-30-33-46-45-24-12-15-27-51(45)69-52(46)36-41/h1-36,59H,(H,64,65,66). The molecule has 1 unspecified atom stereocenters. The lowest BCUT2D eigenvalue weighted by atomic mass is 10.1. The molecule has 1 aliphatic rings. The van der Waals surface area contributed by atoms with Gasteiger partial charge >= 0.3 is 0 Å². The van der Waals surface area contributed by atoms with Crippen LogP contribution in [0.4, 0.5) is 0 Å². The molecule has 1 aliphatic heterocycles. The van der Waals surface area contributed by atoms with Gasteiger partial charge < -0.3 is 14.3 Å². The van der Waals surface area contributed by atoms with Crippen molar-refractivity contribution < 1.29 is 4.42 Å². The largest absolute Gasteiger partial charge is 0.456 e. The second-order valence-corrected chi connectivity index (χ2v) is 17.3. The number of hydrogen-bond acceptors (Lipinski definition) is 7. The maximum absolute atomic E-state index is 6.40. The molecular weight excluding hydrogens is 849 g/mol. The van der Waals surface area contributed by atoms with Gasteiger partial charge in [0.1, 0.15) is 17.3 Å². The molecular formula is C60H38N8O. The first-order chi connectivity index (χ1) is 34.2. The zero-order valence-corrected chi connectivity index (χ0v) is 36.9. The molecule has 0 aliphatic carbocycles. The Balaban J connectivity index is 0.967. The minimum absolute atomic E-state index is 0.473. The Kier molecular flexibility index (Phi) is 8.75. The number of hydrogen-bond donors (Lipinski definition) is 1. The summed E-state index contributed by atoms with van der Waals surface area (Å²) in [5.41, 5.74) is 11.5. The molecule has 0 bridgehead atoms. The topological polar surface area (TPSA) is 98.4 Å². The van der Waals surface area contributed by atoms with Crippen molar-refractivity contribution in [2.24, 2.45) is 9.98 Å². The molecule has 0 fully saturated rings. The van der Waals surface area contributed by atoms with Crippen molar-refractivity contribution in [2.75, 3.05) is 0 Å². The van der Waals surface area contributed by atoms with Crippen molar-refractivity contribution in [2.45, 2.75) is 6.17 Å². The van der Waals surface area contributed by atoms with Gasteiger partial charge in [-0.2, -0.15) is 4.99 Å². The molecule has 0 amide bonds. The van der Waals surface area contributed by atoms with Crippen LogP contribution in [-0.4, -0.2) is 35.9 Å². The molecule has 1 N–H and O–H groups in total. The molecule has 14 rings (SSSR count). The molecule has 9 heteroatoms. The number of nitrogens with one attached hydrogen (secondary N) is 1. The zero-order chi connectivity index (χ0) is 45.4. The van der Waals surface area contributed by atoms with Crippen LogP contribution >= 0.6 is 0 Å². The van der Waals surface area contributed by atoms with Crippen LogP contribution in [0.5, 0.6) is 0 Å². The van der Waals surface area contributed by atoms with E-state index in [0.29, 0.717) is 29.3 Å². The number of fused-ring (bicyclic) bond motifs is 10. The number of nitrogens with zero attached hydrogens (tertiary/aromatic N) is 7. The maximum atomic E-state index is 6.40. The molecule has 9 nitrogen and oxygen atoms in total. The average molecular weight is 887 g/mol. The summed E-state index contributed by atoms with van der Waals surface area (Å²) < 4.78 is 11.1. The van der Waals surface area contributed by atoms with Gasteiger partial charge in [-0.1, -0.05) is 170 Å². The first-order valence-electron chi connectivity index (χ1n) is 23.0. The van der Waals surface area contributed by atoms with Gasteiger partial charge in [0.15, 0.2) is 23.3 Å². The van der Waals surface area contributed by atoms with E-state index in [9.17, 15) is 0 Å². The number of furan rings is 1. The lowest BCUT2D eigenvalue weighted by Crippen LogP contribution is -2.37. The highest BCUT2D eigenvalue weighted by Gasteiger charge is 2.27. The summed E-state index contributed by atoms with van der Waals surface area (Å²) in [6.45, 7) is 0. The van der Waals surface area contributed by atoms with Gasteiger partial charge in [0.05, 0.1) is 22.1 Å². The van der Waals surface area contributed by atoms with Crippen molar-refractivity contribution in [1.82, 2.24) is 29.4 Å². The van der Waals surface area contributed by atoms with Gasteiger partial charge in [-0.25, -0.2) is 19.9 Å². The van der Waals surface area contributed by atoms with Crippen molar-refractivity contribution in [3.8, 4) is 39.9 Å². The van der Waals surface area contributed by atoms with Gasteiger partial charge in [0.2, 0.25) is 5.96 Å². The summed E-state index contributed by atoms with van der Waals surface area (Å²) in [6.07, 6.45) is -0.473. The van der Waals surface area contributed by atoms with Crippen LogP contribution in [0.3, 0.4) is 0 Å². The third-order valence-corrected chi connectivity index (χ3v) is 13.2. The van der Waals surface area contributed by atoms with E-state index in [1.807, 2.05) is 97.1 Å². The van der Waals surface area contributed by atoms with Crippen LogP contribution < -0.4 is 5.32 Å². The number of rotatable bonds is 6. The molecule has 5 heterocycles. The highest BCUT2D eigenvalue weighted by Crippen LogP contribution is 2.41. The molecule has 324 valence electrons. The predicted octanol–water partition coefficient (Wildman–Crippen LogP) is 13.9. The highest BCUT2D eigenvalue weighted by molar-refractivity contribution is 6.26. The quantitative estimate of drug-likeness (QED) is 0.179. The van der Waals surface area contributed by atoms with E-state index in [2.05, 4.69) is 136 Å². The minimum Gasteiger partial charge on any atom is -0.456 e. The maximum Gasteiger partial charge on any atom is 0.212 e. The third-order valence-electron chi connectivity index (χ3n) is 13.2. The Morgan fingerprint density at radius 1 is 0.391 bits per heavy atom. The molecule has 0 saturated carbocycles. The van der Waals surface area contributed by atoms with E-state index in [1.54, 1.807) is 0 Å². The Morgan fingerprint density at radius 2 is 0.870 bits per heavy atom. The second kappa shape index (κ2) is 15.6. The average Bonchev–Trinajstić information content (AvgIpc) is 4.09. The van der Waals surface area contributed by atoms with Crippen LogP contribution in [0.25, 0.3) is 105 Å². The minimum atomic E-state index is -0.473. The van der Waals surface area contributed by atoms with Gasteiger partial charge in [-0.15, -0.1) is 0 Å². The summed E-state index contributed by atoms with van der Waals surface area (Å²) in [5.74, 6) is 3.15. The number of amidine groups is 1. The van der Waals surface area contributed by atoms with Gasteiger partial charge in [0.25, 0.3) is 0 Å². The molecule has 1 atom stereocenters. The summed E-state index contributed by atoms with van der Waals surface area (Å²) in [5, 5.41) is 10.5. The van der Waals surface area contributed by atoms with Gasteiger partial charge in [-0.3, -0.25) is 4.57 Å². The molecule has 0 radical (unpaired) electrons. The number of benzene rings is 9. The molecule has 0 spiro atoms. The highest BCUT2D eigenvalue weighted by atomic mass is 16.3. The van der Waals surface area contributed by atoms with E-state index >= 15 is 0 Å². The molecule has 0 saturated heterocycles. The zero-order valence-electron chi connectivity index (χ0n) is 36.9. The van der Waals surface area contributed by atoms with Crippen LogP contribution in [0.2, 0.25) is 0 Å². The smallest absolute Gasteiger partial charge is 0.212 e. The van der Waals surface area contributed by atoms with Gasteiger partial charge in [-0.05, 0) is 48.5 Å². The monoisotopic (exact) mass is 886 g/mol. The van der Waals surface area contributed by atoms with Crippen LogP contribution in [0.15, 0.2) is 233 Å². The van der Waals surface area contributed by atoms with Crippen molar-refractivity contribution >= 4 is 77.3 Å². The lowest BCUT2D eigenvalue weighted by Gasteiger charge is -2.25. The fourth-order valence-corrected chi connectivity index (χ4v) is 10.0. The Bertz CT molecular complexity index is 4150. The van der Waals surface area contributed by atoms with Crippen molar-refractivity contribution in [1.29, 1.82) is 0 Å². The number of aromatic nitrogens is 5. The Labute approximate surface area is 395 Å². The molecule has 9 aromatic carbocycles. The lowest BCUT2D eigenvalue weighted by molar-refractivity contribution is 0.649. The van der Waals surface area contributed by atoms with Gasteiger partial charge in [0, 0.05) is 65.8 Å². The van der Waals surface area contributed by atoms with E-state index in [-0.39, 0.29) is 0 Å². The SMILES string of the molecule is c1ccc(C2=NC(c3ccc4c(c3)oc3ccccc34)NC(n3c4ccccc4c4ccc5c6ccccc6n(-c6ccc(-c7nc(-c8ccccc8)nc(-c8ccccc8)n7)cc6)c5c43)=N2)cc1. The summed E-state index contributed by atoms with van der Waals surface area (Å²) in [7, 11) is 0. The van der Waals surface area contributed by atoms with Crippen LogP contribution in [-0.2, 0) is 0 Å². The Hall–Kier alpha value is -9.47. The Morgan fingerprint density at radius 3 is 1.49 bits per heavy atom. The second-order valence-electron chi connectivity index (χ2n) is 17.3. The summed E-state index contributed by atoms with van der Waals surface area (Å²) in [6, 6.07) is 75.2. The molecule has 13 aromatic rings. The number of para-hydroxylation sites is 3. The predicted molar refractivity (Wildman–Crippen MR) is 279 cm³/mol. The van der Waals surface area contributed by atoms with Crippen LogP contribution in [0.1, 0.15) is 17.3 Å². The third kappa shape index (κ3) is 6.36. The molecule has 69 heavy (non-hydrogen) atoms. The number of aliphatic imine (C=N–C) groups is 2. The summed E-state index contributed by atoms with van der Waals surface area (Å²) >= 11 is 0. The van der Waals surface area contributed by atoms with Crippen molar-refractivity contribution in [3.63, 3.8) is 0 Å². The first-order valence-corrected chi connectivity index (χ1v) is 23.0. The fraction of sp³-hybridized carbons (Fsp3) is 0.0167. The molecule has 4 aromatic heterocycles. The fourth-order valence-electron chi connectivity index (χ4n) is 10.0. The van der Waals surface area contributed by atoms with E-state index in [4.69, 9.17) is 29.4 Å². The first kappa shape index (κ1) is 38.8. The van der Waals surface area contributed by atoms with Crippen LogP contribution in [0, 0.1) is 0 Å².